The first kappa shape index (κ1) is 14.2. The number of carboxylic acids is 1. The highest BCUT2D eigenvalue weighted by Gasteiger charge is 2.41. The highest BCUT2D eigenvalue weighted by atomic mass is 16.4. The monoisotopic (exact) mass is 268 g/mol. The summed E-state index contributed by atoms with van der Waals surface area (Å²) in [5, 5.41) is 12.2. The predicted molar refractivity (Wildman–Crippen MR) is 72.0 cm³/mol. The van der Waals surface area contributed by atoms with E-state index < -0.39 is 11.4 Å². The third-order valence-electron chi connectivity index (χ3n) is 4.79. The number of urea groups is 1. The van der Waals surface area contributed by atoms with Gasteiger partial charge in [-0.15, -0.1) is 0 Å². The van der Waals surface area contributed by atoms with Crippen molar-refractivity contribution in [2.24, 2.45) is 5.41 Å². The van der Waals surface area contributed by atoms with Crippen LogP contribution in [0.4, 0.5) is 4.79 Å². The zero-order chi connectivity index (χ0) is 13.9. The number of nitrogens with one attached hydrogen (secondary N) is 1. The maximum Gasteiger partial charge on any atom is 0.317 e. The molecule has 2 saturated carbocycles. The summed E-state index contributed by atoms with van der Waals surface area (Å²) in [4.78, 5) is 25.2. The van der Waals surface area contributed by atoms with Crippen molar-refractivity contribution in [3.8, 4) is 0 Å². The Morgan fingerprint density at radius 2 is 1.79 bits per heavy atom. The van der Waals surface area contributed by atoms with Gasteiger partial charge in [0.2, 0.25) is 0 Å². The van der Waals surface area contributed by atoms with Crippen LogP contribution in [0, 0.1) is 5.41 Å². The second kappa shape index (κ2) is 5.80. The molecule has 0 aromatic carbocycles. The van der Waals surface area contributed by atoms with E-state index in [0.29, 0.717) is 18.9 Å². The average Bonchev–Trinajstić information content (AvgIpc) is 3.06. The molecule has 108 valence electrons. The topological polar surface area (TPSA) is 69.6 Å². The summed E-state index contributed by atoms with van der Waals surface area (Å²) in [6.07, 6.45) is 7.73. The minimum Gasteiger partial charge on any atom is -0.481 e. The fourth-order valence-corrected chi connectivity index (χ4v) is 3.34. The van der Waals surface area contributed by atoms with E-state index in [-0.39, 0.29) is 12.6 Å². The van der Waals surface area contributed by atoms with Crippen molar-refractivity contribution in [2.75, 3.05) is 13.6 Å². The van der Waals surface area contributed by atoms with E-state index in [0.717, 1.165) is 25.7 Å². The summed E-state index contributed by atoms with van der Waals surface area (Å²) in [5.74, 6) is -0.770. The molecule has 0 bridgehead atoms. The lowest BCUT2D eigenvalue weighted by atomic mass is 9.86. The summed E-state index contributed by atoms with van der Waals surface area (Å²) in [5.41, 5.74) is -0.730. The lowest BCUT2D eigenvalue weighted by Gasteiger charge is -2.28. The first-order valence-corrected chi connectivity index (χ1v) is 7.29. The largest absolute Gasteiger partial charge is 0.481 e. The standard InChI is InChI=1S/C14H24N2O3/c1-16(11-6-2-3-7-11)13(19)15-10-14(12(17)18)8-4-5-9-14/h11H,2-10H2,1H3,(H,15,19)(H,17,18). The first-order chi connectivity index (χ1) is 9.05. The van der Waals surface area contributed by atoms with E-state index in [1.165, 1.54) is 12.8 Å². The summed E-state index contributed by atoms with van der Waals surface area (Å²) < 4.78 is 0. The van der Waals surface area contributed by atoms with E-state index in [4.69, 9.17) is 0 Å². The van der Waals surface area contributed by atoms with Gasteiger partial charge >= 0.3 is 12.0 Å². The smallest absolute Gasteiger partial charge is 0.317 e. The molecular formula is C14H24N2O3. The fraction of sp³-hybridized carbons (Fsp3) is 0.857. The number of nitrogens with zero attached hydrogens (tertiary/aromatic N) is 1. The van der Waals surface area contributed by atoms with Crippen LogP contribution in [0.3, 0.4) is 0 Å². The summed E-state index contributed by atoms with van der Waals surface area (Å²) in [7, 11) is 1.81. The number of hydrogen-bond donors (Lipinski definition) is 2. The number of amides is 2. The van der Waals surface area contributed by atoms with Gasteiger partial charge in [-0.05, 0) is 25.7 Å². The Balaban J connectivity index is 1.86. The molecule has 0 saturated heterocycles. The third kappa shape index (κ3) is 3.01. The van der Waals surface area contributed by atoms with Crippen molar-refractivity contribution < 1.29 is 14.7 Å². The fourth-order valence-electron chi connectivity index (χ4n) is 3.34. The molecule has 2 aliphatic carbocycles. The highest BCUT2D eigenvalue weighted by Crippen LogP contribution is 2.37. The Morgan fingerprint density at radius 1 is 1.21 bits per heavy atom. The third-order valence-corrected chi connectivity index (χ3v) is 4.79. The van der Waals surface area contributed by atoms with Gasteiger partial charge < -0.3 is 15.3 Å². The molecule has 0 atom stereocenters. The van der Waals surface area contributed by atoms with Crippen LogP contribution in [0.25, 0.3) is 0 Å². The van der Waals surface area contributed by atoms with Gasteiger partial charge in [0.15, 0.2) is 0 Å². The summed E-state index contributed by atoms with van der Waals surface area (Å²) in [6, 6.07) is 0.198. The van der Waals surface area contributed by atoms with Gasteiger partial charge in [0.05, 0.1) is 5.41 Å². The van der Waals surface area contributed by atoms with Crippen molar-refractivity contribution in [1.82, 2.24) is 10.2 Å². The molecule has 0 spiro atoms. The molecule has 0 unspecified atom stereocenters. The Morgan fingerprint density at radius 3 is 2.32 bits per heavy atom. The predicted octanol–water partition coefficient (Wildman–Crippen LogP) is 2.22. The van der Waals surface area contributed by atoms with Crippen LogP contribution in [0.5, 0.6) is 0 Å². The summed E-state index contributed by atoms with van der Waals surface area (Å²) >= 11 is 0. The normalized spacial score (nSPS) is 22.4. The Kier molecular flexibility index (Phi) is 4.32. The molecule has 2 N–H and O–H groups in total. The highest BCUT2D eigenvalue weighted by molar-refractivity contribution is 5.78. The Hall–Kier alpha value is -1.26. The molecule has 0 aromatic heterocycles. The molecular weight excluding hydrogens is 244 g/mol. The Labute approximate surface area is 114 Å². The number of rotatable bonds is 4. The molecule has 19 heavy (non-hydrogen) atoms. The van der Waals surface area contributed by atoms with Gasteiger partial charge in [-0.25, -0.2) is 4.79 Å². The lowest BCUT2D eigenvalue weighted by Crippen LogP contribution is -2.48. The van der Waals surface area contributed by atoms with E-state index in [1.54, 1.807) is 4.90 Å². The number of carbonyl (C=O) groups is 2. The van der Waals surface area contributed by atoms with Crippen molar-refractivity contribution in [3.63, 3.8) is 0 Å². The molecule has 0 aliphatic heterocycles. The van der Waals surface area contributed by atoms with E-state index in [9.17, 15) is 14.7 Å². The van der Waals surface area contributed by atoms with Crippen LogP contribution in [0.1, 0.15) is 51.4 Å². The molecule has 2 amide bonds. The van der Waals surface area contributed by atoms with Crippen molar-refractivity contribution in [1.29, 1.82) is 0 Å². The molecule has 0 heterocycles. The first-order valence-electron chi connectivity index (χ1n) is 7.29. The van der Waals surface area contributed by atoms with Gasteiger partial charge in [-0.2, -0.15) is 0 Å². The SMILES string of the molecule is CN(C(=O)NCC1(C(=O)O)CCCC1)C1CCCC1. The maximum atomic E-state index is 12.1. The van der Waals surface area contributed by atoms with Gasteiger partial charge in [0.25, 0.3) is 0 Å². The van der Waals surface area contributed by atoms with Gasteiger partial charge in [0.1, 0.15) is 0 Å². The van der Waals surface area contributed by atoms with Crippen molar-refractivity contribution in [3.05, 3.63) is 0 Å². The molecule has 5 nitrogen and oxygen atoms in total. The minimum absolute atomic E-state index is 0.126. The molecule has 2 rings (SSSR count). The minimum atomic E-state index is -0.770. The zero-order valence-electron chi connectivity index (χ0n) is 11.7. The quantitative estimate of drug-likeness (QED) is 0.821. The van der Waals surface area contributed by atoms with E-state index in [1.807, 2.05) is 7.05 Å². The molecule has 0 aromatic rings. The van der Waals surface area contributed by atoms with Gasteiger partial charge in [-0.1, -0.05) is 25.7 Å². The number of carboxylic acid groups (broad SMARTS) is 1. The number of hydrogen-bond acceptors (Lipinski definition) is 2. The van der Waals surface area contributed by atoms with Crippen LogP contribution in [0.2, 0.25) is 0 Å². The summed E-state index contributed by atoms with van der Waals surface area (Å²) in [6.45, 7) is 0.262. The van der Waals surface area contributed by atoms with E-state index in [2.05, 4.69) is 5.32 Å². The average molecular weight is 268 g/mol. The van der Waals surface area contributed by atoms with Crippen LogP contribution in [0.15, 0.2) is 0 Å². The van der Waals surface area contributed by atoms with Gasteiger partial charge in [-0.3, -0.25) is 4.79 Å². The van der Waals surface area contributed by atoms with Gasteiger partial charge in [0, 0.05) is 19.6 Å². The zero-order valence-corrected chi connectivity index (χ0v) is 11.7. The van der Waals surface area contributed by atoms with Crippen LogP contribution in [-0.4, -0.2) is 41.6 Å². The lowest BCUT2D eigenvalue weighted by molar-refractivity contribution is -0.148. The van der Waals surface area contributed by atoms with Crippen LogP contribution >= 0.6 is 0 Å². The second-order valence-electron chi connectivity index (χ2n) is 6.00. The van der Waals surface area contributed by atoms with Crippen molar-refractivity contribution >= 4 is 12.0 Å². The van der Waals surface area contributed by atoms with Crippen LogP contribution in [-0.2, 0) is 4.79 Å². The number of aliphatic carboxylic acids is 1. The molecule has 2 aliphatic rings. The molecule has 0 radical (unpaired) electrons. The Bertz CT molecular complexity index is 345. The molecule has 2 fully saturated rings. The van der Waals surface area contributed by atoms with E-state index >= 15 is 0 Å². The van der Waals surface area contributed by atoms with Crippen LogP contribution < -0.4 is 5.32 Å². The maximum absolute atomic E-state index is 12.1. The molecule has 5 heteroatoms. The van der Waals surface area contributed by atoms with Crippen molar-refractivity contribution in [2.45, 2.75) is 57.4 Å². The number of carbonyl (C=O) groups excluding carboxylic acids is 1. The second-order valence-corrected chi connectivity index (χ2v) is 6.00.